The van der Waals surface area contributed by atoms with Gasteiger partial charge in [0.2, 0.25) is 0 Å². The van der Waals surface area contributed by atoms with Crippen molar-refractivity contribution in [3.8, 4) is 0 Å². The molecular weight excluding hydrogens is 585 g/mol. The minimum atomic E-state index is -3.81. The van der Waals surface area contributed by atoms with Gasteiger partial charge in [0.05, 0.1) is 0 Å². The highest BCUT2D eigenvalue weighted by Crippen LogP contribution is 2.26. The molecule has 0 unspecified atom stereocenters. The lowest BCUT2D eigenvalue weighted by Gasteiger charge is -2.04. The maximum absolute atomic E-state index is 7.56. The molecule has 224 valence electrons. The van der Waals surface area contributed by atoms with Crippen LogP contribution in [0.2, 0.25) is 0 Å². The fourth-order valence-electron chi connectivity index (χ4n) is 3.63. The third kappa shape index (κ3) is 16.0. The Morgan fingerprint density at radius 1 is 0.295 bits per heavy atom. The summed E-state index contributed by atoms with van der Waals surface area (Å²) in [6.45, 7) is -3.81. The Labute approximate surface area is 264 Å². The van der Waals surface area contributed by atoms with Crippen LogP contribution >= 0.6 is 6.72 Å². The number of rotatable bonds is 6. The molecule has 6 N–H and O–H groups in total. The van der Waals surface area contributed by atoms with Gasteiger partial charge in [-0.3, -0.25) is 0 Å². The van der Waals surface area contributed by atoms with E-state index in [1.54, 1.807) is 0 Å². The lowest BCUT2D eigenvalue weighted by molar-refractivity contribution is 0.363. The molecule has 0 heterocycles. The van der Waals surface area contributed by atoms with E-state index in [0.717, 1.165) is 34.1 Å². The van der Waals surface area contributed by atoms with Crippen molar-refractivity contribution in [2.24, 2.45) is 0 Å². The van der Waals surface area contributed by atoms with Gasteiger partial charge < -0.3 is 30.6 Å². The molecule has 0 spiro atoms. The smallest absolute Gasteiger partial charge is 0.319 e. The van der Waals surface area contributed by atoms with Crippen LogP contribution in [0.4, 0.5) is 34.1 Å². The van der Waals surface area contributed by atoms with Gasteiger partial charge in [-0.2, -0.15) is 0 Å². The second-order valence-corrected chi connectivity index (χ2v) is 11.6. The minimum Gasteiger partial charge on any atom is -0.356 e. The van der Waals surface area contributed by atoms with Crippen LogP contribution in [0.1, 0.15) is 0 Å². The Morgan fingerprint density at radius 3 is 0.523 bits per heavy atom. The van der Waals surface area contributed by atoms with Gasteiger partial charge in [0.15, 0.2) is 0 Å². The standard InChI is InChI=1S/3C12H11N.H3O3PS/c3*1-3-7-11(8-4-1)13-12-9-5-2-6-10-12;1-4(2,3)5/h3*1-10,13H;(H3,1,2,3,5). The summed E-state index contributed by atoms with van der Waals surface area (Å²) in [6.07, 6.45) is 0. The molecule has 6 aromatic carbocycles. The van der Waals surface area contributed by atoms with E-state index in [1.807, 2.05) is 182 Å². The van der Waals surface area contributed by atoms with Crippen molar-refractivity contribution in [2.45, 2.75) is 0 Å². The summed E-state index contributed by atoms with van der Waals surface area (Å²) in [6, 6.07) is 60.9. The van der Waals surface area contributed by atoms with Crippen molar-refractivity contribution in [3.05, 3.63) is 182 Å². The fraction of sp³-hybridized carbons (Fsp3) is 0. The molecule has 0 amide bonds. The molecule has 0 bridgehead atoms. The van der Waals surface area contributed by atoms with Crippen LogP contribution in [0.3, 0.4) is 0 Å². The van der Waals surface area contributed by atoms with E-state index in [9.17, 15) is 0 Å². The first-order valence-corrected chi connectivity index (χ1v) is 16.4. The molecule has 6 aromatic rings. The van der Waals surface area contributed by atoms with E-state index in [0.29, 0.717) is 0 Å². The maximum Gasteiger partial charge on any atom is 0.319 e. The van der Waals surface area contributed by atoms with Crippen molar-refractivity contribution in [3.63, 3.8) is 0 Å². The highest BCUT2D eigenvalue weighted by Gasteiger charge is 1.93. The molecule has 6 nitrogen and oxygen atoms in total. The monoisotopic (exact) mass is 621 g/mol. The van der Waals surface area contributed by atoms with Gasteiger partial charge in [0, 0.05) is 34.1 Å². The molecule has 0 aromatic heterocycles. The molecule has 0 fully saturated rings. The van der Waals surface area contributed by atoms with Gasteiger partial charge in [0.25, 0.3) is 0 Å². The SMILES string of the molecule is OP(O)(O)=S.c1ccc(Nc2ccccc2)cc1.c1ccc(Nc2ccccc2)cc1.c1ccc(Nc2ccccc2)cc1. The number of benzene rings is 6. The van der Waals surface area contributed by atoms with Crippen molar-refractivity contribution in [2.75, 3.05) is 16.0 Å². The van der Waals surface area contributed by atoms with Crippen molar-refractivity contribution >= 4 is 52.6 Å². The minimum absolute atomic E-state index is 1.12. The van der Waals surface area contributed by atoms with Gasteiger partial charge in [0.1, 0.15) is 0 Å². The van der Waals surface area contributed by atoms with E-state index in [-0.39, 0.29) is 0 Å². The molecule has 44 heavy (non-hydrogen) atoms. The predicted octanol–water partition coefficient (Wildman–Crippen LogP) is 9.48. The normalized spacial score (nSPS) is 9.80. The molecule has 8 heteroatoms. The molecule has 0 saturated heterocycles. The third-order valence-electron chi connectivity index (χ3n) is 5.51. The quantitative estimate of drug-likeness (QED) is 0.103. The van der Waals surface area contributed by atoms with E-state index >= 15 is 0 Å². The van der Waals surface area contributed by atoms with Crippen molar-refractivity contribution in [1.29, 1.82) is 0 Å². The first kappa shape index (κ1) is 33.7. The zero-order chi connectivity index (χ0) is 31.3. The number of para-hydroxylation sites is 6. The van der Waals surface area contributed by atoms with Crippen LogP contribution in [0, 0.1) is 0 Å². The zero-order valence-electron chi connectivity index (χ0n) is 24.0. The van der Waals surface area contributed by atoms with Gasteiger partial charge in [-0.05, 0) is 84.6 Å². The van der Waals surface area contributed by atoms with E-state index in [4.69, 9.17) is 14.7 Å². The second-order valence-electron chi connectivity index (χ2n) is 9.08. The Hall–Kier alpha value is -4.75. The predicted molar refractivity (Wildman–Crippen MR) is 189 cm³/mol. The summed E-state index contributed by atoms with van der Waals surface area (Å²) >= 11 is 3.60. The van der Waals surface area contributed by atoms with Gasteiger partial charge >= 0.3 is 6.72 Å². The highest BCUT2D eigenvalue weighted by atomic mass is 32.5. The summed E-state index contributed by atoms with van der Waals surface area (Å²) in [5, 5.41) is 9.91. The summed E-state index contributed by atoms with van der Waals surface area (Å²) < 4.78 is 0. The lowest BCUT2D eigenvalue weighted by atomic mass is 10.3. The number of hydrogen-bond donors (Lipinski definition) is 6. The Bertz CT molecular complexity index is 1310. The molecule has 0 aliphatic heterocycles. The fourth-order valence-corrected chi connectivity index (χ4v) is 3.63. The summed E-state index contributed by atoms with van der Waals surface area (Å²) in [5.41, 5.74) is 6.72. The highest BCUT2D eigenvalue weighted by molar-refractivity contribution is 8.06. The molecule has 0 radical (unpaired) electrons. The average molecular weight is 622 g/mol. The van der Waals surface area contributed by atoms with Gasteiger partial charge in [-0.1, -0.05) is 109 Å². The summed E-state index contributed by atoms with van der Waals surface area (Å²) in [7, 11) is 0. The molecular formula is C36H36N3O3PS. The molecule has 0 atom stereocenters. The number of hydrogen-bond acceptors (Lipinski definition) is 4. The third-order valence-corrected chi connectivity index (χ3v) is 5.51. The van der Waals surface area contributed by atoms with Crippen LogP contribution in [-0.4, -0.2) is 14.7 Å². The largest absolute Gasteiger partial charge is 0.356 e. The van der Waals surface area contributed by atoms with Crippen LogP contribution in [0.5, 0.6) is 0 Å². The van der Waals surface area contributed by atoms with E-state index in [2.05, 4.69) is 27.8 Å². The van der Waals surface area contributed by atoms with E-state index in [1.165, 1.54) is 0 Å². The number of nitrogens with one attached hydrogen (secondary N) is 3. The van der Waals surface area contributed by atoms with Crippen molar-refractivity contribution < 1.29 is 14.7 Å². The van der Waals surface area contributed by atoms with E-state index < -0.39 is 6.72 Å². The van der Waals surface area contributed by atoms with Crippen LogP contribution in [0.25, 0.3) is 0 Å². The lowest BCUT2D eigenvalue weighted by Crippen LogP contribution is -1.87. The van der Waals surface area contributed by atoms with Gasteiger partial charge in [-0.15, -0.1) is 0 Å². The molecule has 0 aliphatic carbocycles. The van der Waals surface area contributed by atoms with Crippen LogP contribution in [0.15, 0.2) is 182 Å². The summed E-state index contributed by atoms with van der Waals surface area (Å²) in [4.78, 5) is 22.7. The number of anilines is 6. The topological polar surface area (TPSA) is 96.8 Å². The van der Waals surface area contributed by atoms with Crippen LogP contribution in [-0.2, 0) is 11.8 Å². The molecule has 0 aliphatic rings. The Kier molecular flexibility index (Phi) is 14.9. The van der Waals surface area contributed by atoms with Crippen molar-refractivity contribution in [1.82, 2.24) is 0 Å². The molecule has 0 saturated carbocycles. The summed E-state index contributed by atoms with van der Waals surface area (Å²) in [5.74, 6) is 0. The molecule has 6 rings (SSSR count). The van der Waals surface area contributed by atoms with Crippen LogP contribution < -0.4 is 16.0 Å². The Morgan fingerprint density at radius 2 is 0.409 bits per heavy atom. The first-order chi connectivity index (χ1) is 21.3. The average Bonchev–Trinajstić information content (AvgIpc) is 3.04. The van der Waals surface area contributed by atoms with Gasteiger partial charge in [-0.25, -0.2) is 0 Å². The Balaban J connectivity index is 0.000000168. The zero-order valence-corrected chi connectivity index (χ0v) is 25.7. The second kappa shape index (κ2) is 19.4. The maximum atomic E-state index is 7.56. The first-order valence-electron chi connectivity index (χ1n) is 13.7.